The van der Waals surface area contributed by atoms with Gasteiger partial charge in [0.05, 0.1) is 6.04 Å². The summed E-state index contributed by atoms with van der Waals surface area (Å²) in [5.74, 6) is -0.129. The molecule has 0 bridgehead atoms. The van der Waals surface area contributed by atoms with E-state index in [2.05, 4.69) is 23.5 Å². The molecule has 0 aliphatic heterocycles. The lowest BCUT2D eigenvalue weighted by molar-refractivity contribution is -0.117. The SMILES string of the molecule is Cc1cc(C)cc(NC(=O)C(N)CCc2ccccc2)c1. The van der Waals surface area contributed by atoms with E-state index in [-0.39, 0.29) is 5.91 Å². The van der Waals surface area contributed by atoms with Crippen LogP contribution in [0.4, 0.5) is 5.69 Å². The summed E-state index contributed by atoms with van der Waals surface area (Å²) in [7, 11) is 0. The van der Waals surface area contributed by atoms with Gasteiger partial charge in [0, 0.05) is 5.69 Å². The molecule has 0 aromatic heterocycles. The van der Waals surface area contributed by atoms with Gasteiger partial charge in [-0.3, -0.25) is 4.79 Å². The van der Waals surface area contributed by atoms with Gasteiger partial charge in [0.2, 0.25) is 5.91 Å². The second-order valence-electron chi connectivity index (χ2n) is 5.50. The Morgan fingerprint density at radius 2 is 1.71 bits per heavy atom. The summed E-state index contributed by atoms with van der Waals surface area (Å²) in [5.41, 5.74) is 10.2. The lowest BCUT2D eigenvalue weighted by Gasteiger charge is -2.13. The average Bonchev–Trinajstić information content (AvgIpc) is 2.44. The van der Waals surface area contributed by atoms with E-state index in [1.54, 1.807) is 0 Å². The molecule has 3 heteroatoms. The molecule has 1 amide bonds. The number of nitrogens with two attached hydrogens (primary N) is 1. The van der Waals surface area contributed by atoms with Gasteiger partial charge in [-0.05, 0) is 55.5 Å². The monoisotopic (exact) mass is 282 g/mol. The average molecular weight is 282 g/mol. The van der Waals surface area contributed by atoms with Gasteiger partial charge in [-0.25, -0.2) is 0 Å². The number of rotatable bonds is 5. The van der Waals surface area contributed by atoms with Crippen LogP contribution in [0.5, 0.6) is 0 Å². The van der Waals surface area contributed by atoms with E-state index in [9.17, 15) is 4.79 Å². The molecule has 2 aromatic carbocycles. The molecule has 110 valence electrons. The normalized spacial score (nSPS) is 12.0. The Labute approximate surface area is 126 Å². The second kappa shape index (κ2) is 7.04. The smallest absolute Gasteiger partial charge is 0.241 e. The van der Waals surface area contributed by atoms with Crippen LogP contribution < -0.4 is 11.1 Å². The molecule has 0 fully saturated rings. The lowest BCUT2D eigenvalue weighted by Crippen LogP contribution is -2.36. The van der Waals surface area contributed by atoms with E-state index in [0.717, 1.165) is 23.2 Å². The van der Waals surface area contributed by atoms with Crippen LogP contribution >= 0.6 is 0 Å². The number of hydrogen-bond donors (Lipinski definition) is 2. The number of anilines is 1. The molecule has 2 aromatic rings. The Kier molecular flexibility index (Phi) is 5.12. The van der Waals surface area contributed by atoms with Gasteiger partial charge in [-0.1, -0.05) is 36.4 Å². The fourth-order valence-corrected chi connectivity index (χ4v) is 2.38. The van der Waals surface area contributed by atoms with E-state index in [1.165, 1.54) is 5.56 Å². The fraction of sp³-hybridized carbons (Fsp3) is 0.278. The van der Waals surface area contributed by atoms with Crippen molar-refractivity contribution in [2.75, 3.05) is 5.32 Å². The summed E-state index contributed by atoms with van der Waals surface area (Å²) in [5, 5.41) is 2.90. The highest BCUT2D eigenvalue weighted by Gasteiger charge is 2.13. The van der Waals surface area contributed by atoms with Gasteiger partial charge in [-0.15, -0.1) is 0 Å². The molecule has 0 spiro atoms. The Hall–Kier alpha value is -2.13. The first-order valence-electron chi connectivity index (χ1n) is 7.23. The minimum atomic E-state index is -0.494. The van der Waals surface area contributed by atoms with Crippen LogP contribution in [0.25, 0.3) is 0 Å². The molecule has 3 N–H and O–H groups in total. The van der Waals surface area contributed by atoms with E-state index in [1.807, 2.05) is 44.2 Å². The van der Waals surface area contributed by atoms with Crippen LogP contribution in [0.2, 0.25) is 0 Å². The van der Waals surface area contributed by atoms with Crippen molar-refractivity contribution in [2.45, 2.75) is 32.7 Å². The third-order valence-electron chi connectivity index (χ3n) is 3.41. The molecule has 0 aliphatic rings. The van der Waals surface area contributed by atoms with E-state index >= 15 is 0 Å². The zero-order valence-corrected chi connectivity index (χ0v) is 12.6. The largest absolute Gasteiger partial charge is 0.325 e. The number of hydrogen-bond acceptors (Lipinski definition) is 2. The number of benzene rings is 2. The van der Waals surface area contributed by atoms with Gasteiger partial charge in [0.1, 0.15) is 0 Å². The maximum atomic E-state index is 12.1. The summed E-state index contributed by atoms with van der Waals surface area (Å²) < 4.78 is 0. The molecular weight excluding hydrogens is 260 g/mol. The number of aryl methyl sites for hydroxylation is 3. The van der Waals surface area contributed by atoms with Gasteiger partial charge in [0.25, 0.3) is 0 Å². The van der Waals surface area contributed by atoms with Crippen LogP contribution in [0.15, 0.2) is 48.5 Å². The van der Waals surface area contributed by atoms with E-state index < -0.39 is 6.04 Å². The molecule has 1 unspecified atom stereocenters. The van der Waals surface area contributed by atoms with Crippen LogP contribution in [-0.4, -0.2) is 11.9 Å². The Balaban J connectivity index is 1.90. The predicted molar refractivity (Wildman–Crippen MR) is 87.3 cm³/mol. The minimum absolute atomic E-state index is 0.129. The van der Waals surface area contributed by atoms with Gasteiger partial charge < -0.3 is 11.1 Å². The first kappa shape index (κ1) is 15.3. The quantitative estimate of drug-likeness (QED) is 0.884. The summed E-state index contributed by atoms with van der Waals surface area (Å²) in [6.45, 7) is 4.02. The highest BCUT2D eigenvalue weighted by atomic mass is 16.2. The van der Waals surface area contributed by atoms with Crippen molar-refractivity contribution in [3.05, 3.63) is 65.2 Å². The van der Waals surface area contributed by atoms with Crippen LogP contribution in [0.1, 0.15) is 23.1 Å². The number of carbonyl (C=O) groups is 1. The first-order valence-corrected chi connectivity index (χ1v) is 7.23. The molecule has 3 nitrogen and oxygen atoms in total. The first-order chi connectivity index (χ1) is 10.0. The molecule has 0 saturated heterocycles. The molecular formula is C18H22N2O. The zero-order chi connectivity index (χ0) is 15.2. The van der Waals surface area contributed by atoms with Gasteiger partial charge in [0.15, 0.2) is 0 Å². The second-order valence-corrected chi connectivity index (χ2v) is 5.50. The molecule has 0 saturated carbocycles. The van der Waals surface area contributed by atoms with Crippen molar-refractivity contribution in [3.63, 3.8) is 0 Å². The summed E-state index contributed by atoms with van der Waals surface area (Å²) in [4.78, 5) is 12.1. The predicted octanol–water partition coefficient (Wildman–Crippen LogP) is 3.20. The third kappa shape index (κ3) is 4.72. The molecule has 2 rings (SSSR count). The van der Waals surface area contributed by atoms with Crippen molar-refractivity contribution in [2.24, 2.45) is 5.73 Å². The number of amides is 1. The number of nitrogens with one attached hydrogen (secondary N) is 1. The lowest BCUT2D eigenvalue weighted by atomic mass is 10.1. The maximum Gasteiger partial charge on any atom is 0.241 e. The van der Waals surface area contributed by atoms with Crippen molar-refractivity contribution < 1.29 is 4.79 Å². The van der Waals surface area contributed by atoms with Crippen molar-refractivity contribution in [3.8, 4) is 0 Å². The summed E-state index contributed by atoms with van der Waals surface area (Å²) >= 11 is 0. The third-order valence-corrected chi connectivity index (χ3v) is 3.41. The van der Waals surface area contributed by atoms with Crippen molar-refractivity contribution in [1.82, 2.24) is 0 Å². The summed E-state index contributed by atoms with van der Waals surface area (Å²) in [6, 6.07) is 15.6. The molecule has 0 radical (unpaired) electrons. The highest BCUT2D eigenvalue weighted by molar-refractivity contribution is 5.94. The zero-order valence-electron chi connectivity index (χ0n) is 12.6. The standard InChI is InChI=1S/C18H22N2O/c1-13-10-14(2)12-16(11-13)20-18(21)17(19)9-8-15-6-4-3-5-7-15/h3-7,10-12,17H,8-9,19H2,1-2H3,(H,20,21). The molecule has 0 aliphatic carbocycles. The van der Waals surface area contributed by atoms with Gasteiger partial charge >= 0.3 is 0 Å². The Morgan fingerprint density at radius 3 is 2.33 bits per heavy atom. The molecule has 21 heavy (non-hydrogen) atoms. The van der Waals surface area contributed by atoms with Gasteiger partial charge in [-0.2, -0.15) is 0 Å². The van der Waals surface area contributed by atoms with Crippen molar-refractivity contribution >= 4 is 11.6 Å². The topological polar surface area (TPSA) is 55.1 Å². The Morgan fingerprint density at radius 1 is 1.10 bits per heavy atom. The molecule has 0 heterocycles. The Bertz CT molecular complexity index is 588. The highest BCUT2D eigenvalue weighted by Crippen LogP contribution is 2.14. The minimum Gasteiger partial charge on any atom is -0.325 e. The number of carbonyl (C=O) groups excluding carboxylic acids is 1. The van der Waals surface area contributed by atoms with E-state index in [4.69, 9.17) is 5.73 Å². The van der Waals surface area contributed by atoms with Crippen LogP contribution in [0.3, 0.4) is 0 Å². The van der Waals surface area contributed by atoms with Crippen LogP contribution in [-0.2, 0) is 11.2 Å². The van der Waals surface area contributed by atoms with E-state index in [0.29, 0.717) is 6.42 Å². The summed E-state index contributed by atoms with van der Waals surface area (Å²) in [6.07, 6.45) is 1.45. The van der Waals surface area contributed by atoms with Crippen molar-refractivity contribution in [1.29, 1.82) is 0 Å². The maximum absolute atomic E-state index is 12.1. The van der Waals surface area contributed by atoms with Crippen LogP contribution in [0, 0.1) is 13.8 Å². The molecule has 1 atom stereocenters. The fourth-order valence-electron chi connectivity index (χ4n) is 2.38.